The zero-order valence-electron chi connectivity index (χ0n) is 6.62. The van der Waals surface area contributed by atoms with Crippen molar-refractivity contribution in [2.45, 2.75) is 6.42 Å². The molecule has 0 bridgehead atoms. The molecule has 4 heteroatoms. The summed E-state index contributed by atoms with van der Waals surface area (Å²) in [5.41, 5.74) is 1.08. The van der Waals surface area contributed by atoms with E-state index in [-0.39, 0.29) is 12.1 Å². The van der Waals surface area contributed by atoms with Crippen molar-refractivity contribution in [2.24, 2.45) is 5.16 Å². The molecular formula is C9H6FNO2. The maximum Gasteiger partial charge on any atom is 0.211 e. The van der Waals surface area contributed by atoms with E-state index in [2.05, 4.69) is 5.16 Å². The lowest BCUT2D eigenvalue weighted by Gasteiger charge is -1.94. The predicted molar refractivity (Wildman–Crippen MR) is 43.7 cm³/mol. The lowest BCUT2D eigenvalue weighted by atomic mass is 10.1. The van der Waals surface area contributed by atoms with Crippen LogP contribution in [0.25, 0.3) is 0 Å². The van der Waals surface area contributed by atoms with Gasteiger partial charge in [-0.2, -0.15) is 0 Å². The lowest BCUT2D eigenvalue weighted by Crippen LogP contribution is -2.06. The Labute approximate surface area is 73.5 Å². The fourth-order valence-electron chi connectivity index (χ4n) is 1.41. The van der Waals surface area contributed by atoms with E-state index < -0.39 is 11.6 Å². The topological polar surface area (TPSA) is 49.7 Å². The fraction of sp³-hybridized carbons (Fsp3) is 0.111. The van der Waals surface area contributed by atoms with Crippen LogP contribution in [-0.4, -0.2) is 16.7 Å². The van der Waals surface area contributed by atoms with Gasteiger partial charge in [-0.25, -0.2) is 4.39 Å². The van der Waals surface area contributed by atoms with Crippen LogP contribution in [0.15, 0.2) is 23.4 Å². The van der Waals surface area contributed by atoms with Crippen molar-refractivity contribution in [3.63, 3.8) is 0 Å². The number of ketones is 1. The highest BCUT2D eigenvalue weighted by Crippen LogP contribution is 2.20. The van der Waals surface area contributed by atoms with Crippen molar-refractivity contribution < 1.29 is 14.4 Å². The van der Waals surface area contributed by atoms with Gasteiger partial charge < -0.3 is 5.21 Å². The summed E-state index contributed by atoms with van der Waals surface area (Å²) in [7, 11) is 0. The minimum atomic E-state index is -0.453. The molecule has 0 unspecified atom stereocenters. The molecule has 0 saturated carbocycles. The smallest absolute Gasteiger partial charge is 0.211 e. The molecule has 0 aliphatic heterocycles. The summed E-state index contributed by atoms with van der Waals surface area (Å²) in [6, 6.07) is 3.98. The lowest BCUT2D eigenvalue weighted by molar-refractivity contribution is 0.106. The molecule has 13 heavy (non-hydrogen) atoms. The van der Waals surface area contributed by atoms with Gasteiger partial charge in [0.05, 0.1) is 0 Å². The third-order valence-electron chi connectivity index (χ3n) is 2.06. The zero-order valence-corrected chi connectivity index (χ0v) is 6.62. The number of Topliss-reactive ketones (excluding diaryl/α,β-unsaturated/α-hetero) is 1. The number of fused-ring (bicyclic) bond motifs is 1. The summed E-state index contributed by atoms with van der Waals surface area (Å²) >= 11 is 0. The van der Waals surface area contributed by atoms with Crippen molar-refractivity contribution in [1.29, 1.82) is 0 Å². The second kappa shape index (κ2) is 2.65. The molecule has 1 aliphatic carbocycles. The number of nitrogens with zero attached hydrogens (tertiary/aromatic N) is 1. The van der Waals surface area contributed by atoms with E-state index in [9.17, 15) is 9.18 Å². The minimum absolute atomic E-state index is 0.0700. The second-order valence-electron chi connectivity index (χ2n) is 2.85. The number of carbonyl (C=O) groups is 1. The number of oxime groups is 1. The van der Waals surface area contributed by atoms with E-state index in [1.807, 2.05) is 0 Å². The highest BCUT2D eigenvalue weighted by atomic mass is 19.1. The summed E-state index contributed by atoms with van der Waals surface area (Å²) in [5, 5.41) is 11.3. The van der Waals surface area contributed by atoms with E-state index in [0.29, 0.717) is 11.1 Å². The van der Waals surface area contributed by atoms with Gasteiger partial charge in [0, 0.05) is 12.0 Å². The minimum Gasteiger partial charge on any atom is -0.411 e. The van der Waals surface area contributed by atoms with Gasteiger partial charge in [0.25, 0.3) is 0 Å². The van der Waals surface area contributed by atoms with Gasteiger partial charge in [-0.3, -0.25) is 4.79 Å². The summed E-state index contributed by atoms with van der Waals surface area (Å²) in [4.78, 5) is 11.3. The number of hydrogen-bond acceptors (Lipinski definition) is 3. The Morgan fingerprint density at radius 3 is 2.92 bits per heavy atom. The molecule has 0 amide bonds. The maximum atomic E-state index is 12.7. The first-order chi connectivity index (χ1) is 6.22. The average molecular weight is 179 g/mol. The van der Waals surface area contributed by atoms with Crippen LogP contribution >= 0.6 is 0 Å². The van der Waals surface area contributed by atoms with Gasteiger partial charge in [0.1, 0.15) is 11.5 Å². The highest BCUT2D eigenvalue weighted by molar-refractivity contribution is 6.49. The molecule has 1 aromatic rings. The second-order valence-corrected chi connectivity index (χ2v) is 2.85. The molecule has 0 fully saturated rings. The SMILES string of the molecule is O=C1/C(=N\O)Cc2ccc(F)cc21. The molecular weight excluding hydrogens is 173 g/mol. The number of halogens is 1. The van der Waals surface area contributed by atoms with Crippen LogP contribution in [0, 0.1) is 5.82 Å². The van der Waals surface area contributed by atoms with Crippen LogP contribution < -0.4 is 0 Å². The van der Waals surface area contributed by atoms with Gasteiger partial charge in [-0.15, -0.1) is 0 Å². The number of benzene rings is 1. The maximum absolute atomic E-state index is 12.7. The van der Waals surface area contributed by atoms with Crippen LogP contribution in [0.1, 0.15) is 15.9 Å². The Kier molecular flexibility index (Phi) is 1.62. The molecule has 0 aromatic heterocycles. The number of carbonyl (C=O) groups excluding carboxylic acids is 1. The van der Waals surface area contributed by atoms with Crippen molar-refractivity contribution in [2.75, 3.05) is 0 Å². The first-order valence-corrected chi connectivity index (χ1v) is 3.76. The Balaban J connectivity index is 2.57. The summed E-state index contributed by atoms with van der Waals surface area (Å²) < 4.78 is 12.7. The molecule has 3 nitrogen and oxygen atoms in total. The molecule has 0 atom stereocenters. The molecule has 0 spiro atoms. The van der Waals surface area contributed by atoms with E-state index in [4.69, 9.17) is 5.21 Å². The molecule has 66 valence electrons. The van der Waals surface area contributed by atoms with Gasteiger partial charge >= 0.3 is 0 Å². The molecule has 0 saturated heterocycles. The molecule has 2 rings (SSSR count). The first-order valence-electron chi connectivity index (χ1n) is 3.76. The highest BCUT2D eigenvalue weighted by Gasteiger charge is 2.26. The van der Waals surface area contributed by atoms with Gasteiger partial charge in [-0.05, 0) is 17.7 Å². The third-order valence-corrected chi connectivity index (χ3v) is 2.06. The molecule has 1 aliphatic rings. The largest absolute Gasteiger partial charge is 0.411 e. The number of hydrogen-bond donors (Lipinski definition) is 1. The van der Waals surface area contributed by atoms with Crippen molar-refractivity contribution >= 4 is 11.5 Å². The van der Waals surface area contributed by atoms with Crippen LogP contribution in [0.3, 0.4) is 0 Å². The van der Waals surface area contributed by atoms with Crippen molar-refractivity contribution in [1.82, 2.24) is 0 Å². The quantitative estimate of drug-likeness (QED) is 0.483. The zero-order chi connectivity index (χ0) is 9.42. The Hall–Kier alpha value is -1.71. The standard InChI is InChI=1S/C9H6FNO2/c10-6-2-1-5-3-8(11-13)9(12)7(5)4-6/h1-2,4,13H,3H2/b11-8-. The Bertz CT molecular complexity index is 412. The first kappa shape index (κ1) is 7.91. The Morgan fingerprint density at radius 1 is 1.46 bits per heavy atom. The normalized spacial score (nSPS) is 17.9. The van der Waals surface area contributed by atoms with E-state index in [1.54, 1.807) is 0 Å². The van der Waals surface area contributed by atoms with Crippen LogP contribution in [0.5, 0.6) is 0 Å². The molecule has 0 radical (unpaired) electrons. The summed E-state index contributed by atoms with van der Waals surface area (Å²) in [5.74, 6) is -0.844. The van der Waals surface area contributed by atoms with Gasteiger partial charge in [-0.1, -0.05) is 11.2 Å². The predicted octanol–water partition coefficient (Wildman–Crippen LogP) is 1.39. The fourth-order valence-corrected chi connectivity index (χ4v) is 1.41. The van der Waals surface area contributed by atoms with E-state index in [0.717, 1.165) is 6.07 Å². The van der Waals surface area contributed by atoms with Gasteiger partial charge in [0.2, 0.25) is 5.78 Å². The van der Waals surface area contributed by atoms with Crippen LogP contribution in [0.2, 0.25) is 0 Å². The van der Waals surface area contributed by atoms with Crippen molar-refractivity contribution in [3.8, 4) is 0 Å². The molecule has 0 heterocycles. The molecule has 1 aromatic carbocycles. The number of rotatable bonds is 0. The van der Waals surface area contributed by atoms with Gasteiger partial charge in [0.15, 0.2) is 0 Å². The van der Waals surface area contributed by atoms with Crippen molar-refractivity contribution in [3.05, 3.63) is 35.1 Å². The monoisotopic (exact) mass is 179 g/mol. The summed E-state index contributed by atoms with van der Waals surface area (Å²) in [6.45, 7) is 0. The average Bonchev–Trinajstić information content (AvgIpc) is 2.44. The van der Waals surface area contributed by atoms with Crippen LogP contribution in [-0.2, 0) is 6.42 Å². The van der Waals surface area contributed by atoms with E-state index >= 15 is 0 Å². The third kappa shape index (κ3) is 1.11. The molecule has 1 N–H and O–H groups in total. The van der Waals surface area contributed by atoms with E-state index in [1.165, 1.54) is 12.1 Å². The summed E-state index contributed by atoms with van der Waals surface area (Å²) in [6.07, 6.45) is 0.283. The van der Waals surface area contributed by atoms with Crippen LogP contribution in [0.4, 0.5) is 4.39 Å². The Morgan fingerprint density at radius 2 is 2.23 bits per heavy atom.